The maximum absolute atomic E-state index is 13.1. The monoisotopic (exact) mass is 448 g/mol. The van der Waals surface area contributed by atoms with Gasteiger partial charge in [-0.2, -0.15) is 0 Å². The Morgan fingerprint density at radius 2 is 1.53 bits per heavy atom. The van der Waals surface area contributed by atoms with Crippen molar-refractivity contribution in [1.29, 1.82) is 0 Å². The van der Waals surface area contributed by atoms with Crippen LogP contribution in [-0.2, 0) is 16.6 Å². The largest absolute Gasteiger partial charge is 0.497 e. The first-order chi connectivity index (χ1) is 15.4. The predicted octanol–water partition coefficient (Wildman–Crippen LogP) is 4.67. The molecule has 0 bridgehead atoms. The van der Waals surface area contributed by atoms with E-state index in [9.17, 15) is 8.42 Å². The highest BCUT2D eigenvalue weighted by Gasteiger charge is 2.20. The zero-order valence-corrected chi connectivity index (χ0v) is 18.9. The molecule has 0 radical (unpaired) electrons. The Balaban J connectivity index is 1.68. The summed E-state index contributed by atoms with van der Waals surface area (Å²) in [5, 5.41) is 3.22. The Kier molecular flexibility index (Phi) is 5.96. The second kappa shape index (κ2) is 8.84. The maximum atomic E-state index is 13.1. The van der Waals surface area contributed by atoms with E-state index in [1.165, 1.54) is 0 Å². The summed E-state index contributed by atoms with van der Waals surface area (Å²) >= 11 is 0. The summed E-state index contributed by atoms with van der Waals surface area (Å²) in [4.78, 5) is 9.36. The fourth-order valence-corrected chi connectivity index (χ4v) is 4.64. The minimum Gasteiger partial charge on any atom is -0.497 e. The van der Waals surface area contributed by atoms with Gasteiger partial charge in [0.2, 0.25) is 0 Å². The van der Waals surface area contributed by atoms with Crippen molar-refractivity contribution in [2.75, 3.05) is 17.1 Å². The standard InChI is InChI=1S/C24H24N4O3S/c1-16-8-13-22(17(2)14-16)32(29,30)28-24-23(26-20-6-4-5-7-21(20)27-24)25-15-18-9-11-19(31-3)12-10-18/h4-14H,15H2,1-3H3,(H,25,26)(H,27,28). The Hall–Kier alpha value is -3.65. The number of nitrogens with zero attached hydrogens (tertiary/aromatic N) is 2. The minimum atomic E-state index is -3.85. The van der Waals surface area contributed by atoms with E-state index in [1.807, 2.05) is 55.5 Å². The van der Waals surface area contributed by atoms with Gasteiger partial charge in [-0.05, 0) is 55.3 Å². The summed E-state index contributed by atoms with van der Waals surface area (Å²) in [6, 6.07) is 20.1. The van der Waals surface area contributed by atoms with Crippen molar-refractivity contribution >= 4 is 32.7 Å². The number of sulfonamides is 1. The number of nitrogens with one attached hydrogen (secondary N) is 2. The van der Waals surface area contributed by atoms with Crippen molar-refractivity contribution in [3.8, 4) is 5.75 Å². The topological polar surface area (TPSA) is 93.2 Å². The van der Waals surface area contributed by atoms with Crippen LogP contribution in [0.25, 0.3) is 11.0 Å². The first-order valence-corrected chi connectivity index (χ1v) is 11.6. The van der Waals surface area contributed by atoms with E-state index in [2.05, 4.69) is 20.0 Å². The van der Waals surface area contributed by atoms with Gasteiger partial charge in [-0.1, -0.05) is 42.0 Å². The van der Waals surface area contributed by atoms with Crippen molar-refractivity contribution in [2.45, 2.75) is 25.3 Å². The molecule has 0 fully saturated rings. The number of rotatable bonds is 7. The van der Waals surface area contributed by atoms with Crippen LogP contribution in [-0.4, -0.2) is 25.5 Å². The number of hydrogen-bond acceptors (Lipinski definition) is 6. The van der Waals surface area contributed by atoms with E-state index >= 15 is 0 Å². The van der Waals surface area contributed by atoms with Crippen LogP contribution in [0.5, 0.6) is 5.75 Å². The summed E-state index contributed by atoms with van der Waals surface area (Å²) in [7, 11) is -2.24. The van der Waals surface area contributed by atoms with Gasteiger partial charge in [0.1, 0.15) is 5.75 Å². The Bertz CT molecular complexity index is 1370. The lowest BCUT2D eigenvalue weighted by molar-refractivity contribution is 0.414. The highest BCUT2D eigenvalue weighted by Crippen LogP contribution is 2.26. The Labute approximate surface area is 187 Å². The Morgan fingerprint density at radius 1 is 0.875 bits per heavy atom. The molecule has 0 atom stereocenters. The number of benzene rings is 3. The third-order valence-corrected chi connectivity index (χ3v) is 6.54. The number of para-hydroxylation sites is 2. The molecular formula is C24H24N4O3S. The van der Waals surface area contributed by atoms with Crippen LogP contribution >= 0.6 is 0 Å². The molecule has 8 heteroatoms. The van der Waals surface area contributed by atoms with Gasteiger partial charge < -0.3 is 10.1 Å². The second-order valence-corrected chi connectivity index (χ2v) is 9.14. The molecule has 2 N–H and O–H groups in total. The van der Waals surface area contributed by atoms with E-state index in [-0.39, 0.29) is 10.7 Å². The second-order valence-electron chi connectivity index (χ2n) is 7.49. The number of hydrogen-bond donors (Lipinski definition) is 2. The molecule has 0 unspecified atom stereocenters. The molecule has 0 aliphatic carbocycles. The molecule has 0 spiro atoms. The normalized spacial score (nSPS) is 11.3. The van der Waals surface area contributed by atoms with E-state index in [4.69, 9.17) is 4.74 Å². The lowest BCUT2D eigenvalue weighted by Gasteiger charge is -2.15. The van der Waals surface area contributed by atoms with Gasteiger partial charge >= 0.3 is 0 Å². The van der Waals surface area contributed by atoms with Crippen LogP contribution < -0.4 is 14.8 Å². The van der Waals surface area contributed by atoms with Gasteiger partial charge in [0, 0.05) is 6.54 Å². The van der Waals surface area contributed by atoms with Gasteiger partial charge in [0.15, 0.2) is 11.6 Å². The molecule has 0 saturated heterocycles. The molecule has 7 nitrogen and oxygen atoms in total. The zero-order chi connectivity index (χ0) is 22.7. The van der Waals surface area contributed by atoms with Crippen LogP contribution in [0.3, 0.4) is 0 Å². The first kappa shape index (κ1) is 21.6. The summed E-state index contributed by atoms with van der Waals surface area (Å²) in [5.74, 6) is 1.27. The number of ether oxygens (including phenoxy) is 1. The summed E-state index contributed by atoms with van der Waals surface area (Å²) in [5.41, 5.74) is 3.91. The first-order valence-electron chi connectivity index (χ1n) is 10.1. The lowest BCUT2D eigenvalue weighted by Crippen LogP contribution is -2.17. The van der Waals surface area contributed by atoms with Crippen molar-refractivity contribution in [3.63, 3.8) is 0 Å². The summed E-state index contributed by atoms with van der Waals surface area (Å²) in [6.07, 6.45) is 0. The Morgan fingerprint density at radius 3 is 2.16 bits per heavy atom. The van der Waals surface area contributed by atoms with Crippen LogP contribution in [0, 0.1) is 13.8 Å². The van der Waals surface area contributed by atoms with E-state index in [0.717, 1.165) is 16.9 Å². The highest BCUT2D eigenvalue weighted by molar-refractivity contribution is 7.92. The number of aryl methyl sites for hydroxylation is 2. The molecule has 1 heterocycles. The molecule has 0 aliphatic rings. The van der Waals surface area contributed by atoms with Crippen LogP contribution in [0.15, 0.2) is 71.6 Å². The van der Waals surface area contributed by atoms with Crippen molar-refractivity contribution in [1.82, 2.24) is 9.97 Å². The van der Waals surface area contributed by atoms with Crippen molar-refractivity contribution in [2.24, 2.45) is 0 Å². The molecule has 0 amide bonds. The van der Waals surface area contributed by atoms with Gasteiger partial charge in [-0.3, -0.25) is 4.72 Å². The molecule has 0 saturated carbocycles. The average molecular weight is 449 g/mol. The van der Waals surface area contributed by atoms with Crippen LogP contribution in [0.4, 0.5) is 11.6 Å². The molecule has 4 aromatic rings. The van der Waals surface area contributed by atoms with E-state index in [0.29, 0.717) is 29.0 Å². The molecule has 164 valence electrons. The molecule has 1 aromatic heterocycles. The van der Waals surface area contributed by atoms with Gasteiger partial charge in [0.25, 0.3) is 10.0 Å². The van der Waals surface area contributed by atoms with Crippen LogP contribution in [0.1, 0.15) is 16.7 Å². The third kappa shape index (κ3) is 4.65. The highest BCUT2D eigenvalue weighted by atomic mass is 32.2. The number of methoxy groups -OCH3 is 1. The number of fused-ring (bicyclic) bond motifs is 1. The fraction of sp³-hybridized carbons (Fsp3) is 0.167. The summed E-state index contributed by atoms with van der Waals surface area (Å²) in [6.45, 7) is 4.14. The molecule has 4 rings (SSSR count). The minimum absolute atomic E-state index is 0.150. The molecule has 0 aliphatic heterocycles. The molecule has 3 aromatic carbocycles. The lowest BCUT2D eigenvalue weighted by atomic mass is 10.2. The molecular weight excluding hydrogens is 424 g/mol. The number of anilines is 2. The average Bonchev–Trinajstić information content (AvgIpc) is 2.77. The van der Waals surface area contributed by atoms with E-state index < -0.39 is 10.0 Å². The van der Waals surface area contributed by atoms with Crippen molar-refractivity contribution < 1.29 is 13.2 Å². The summed E-state index contributed by atoms with van der Waals surface area (Å²) < 4.78 is 34.1. The predicted molar refractivity (Wildman–Crippen MR) is 127 cm³/mol. The van der Waals surface area contributed by atoms with Gasteiger partial charge in [-0.15, -0.1) is 0 Å². The maximum Gasteiger partial charge on any atom is 0.263 e. The SMILES string of the molecule is COc1ccc(CNc2nc3ccccc3nc2NS(=O)(=O)c2ccc(C)cc2C)cc1. The third-order valence-electron chi connectivity index (χ3n) is 5.04. The van der Waals surface area contributed by atoms with E-state index in [1.54, 1.807) is 32.2 Å². The fourth-order valence-electron chi connectivity index (χ4n) is 3.41. The van der Waals surface area contributed by atoms with Crippen LogP contribution in [0.2, 0.25) is 0 Å². The van der Waals surface area contributed by atoms with Crippen molar-refractivity contribution in [3.05, 3.63) is 83.4 Å². The van der Waals surface area contributed by atoms with Gasteiger partial charge in [0.05, 0.1) is 23.0 Å². The quantitative estimate of drug-likeness (QED) is 0.427. The molecule has 32 heavy (non-hydrogen) atoms. The zero-order valence-electron chi connectivity index (χ0n) is 18.1. The smallest absolute Gasteiger partial charge is 0.263 e. The van der Waals surface area contributed by atoms with Gasteiger partial charge in [-0.25, -0.2) is 18.4 Å². The number of aromatic nitrogens is 2.